The molecular weight excluding hydrogens is 224 g/mol. The molecule has 16 heavy (non-hydrogen) atoms. The predicted octanol–water partition coefficient (Wildman–Crippen LogP) is 1.39. The second-order valence-corrected chi connectivity index (χ2v) is 5.60. The summed E-state index contributed by atoms with van der Waals surface area (Å²) in [6.45, 7) is 0. The van der Waals surface area contributed by atoms with Gasteiger partial charge in [-0.3, -0.25) is 0 Å². The van der Waals surface area contributed by atoms with Crippen molar-refractivity contribution in [2.24, 2.45) is 0 Å². The fraction of sp³-hybridized carbons (Fsp3) is 0.364. The molecule has 0 radical (unpaired) electrons. The van der Waals surface area contributed by atoms with Crippen molar-refractivity contribution in [1.82, 2.24) is 4.72 Å². The maximum Gasteiger partial charge on any atom is 0.240 e. The highest BCUT2D eigenvalue weighted by Gasteiger charge is 2.24. The number of nitrogens with zero attached hydrogens (tertiary/aromatic N) is 1. The zero-order chi connectivity index (χ0) is 11.6. The normalized spacial score (nSPS) is 16.4. The minimum absolute atomic E-state index is 0.0655. The molecule has 5 heteroatoms. The average Bonchev–Trinajstić information content (AvgIpc) is 2.24. The Balaban J connectivity index is 2.24. The van der Waals surface area contributed by atoms with Crippen LogP contribution in [0.1, 0.15) is 24.8 Å². The summed E-state index contributed by atoms with van der Waals surface area (Å²) in [5.41, 5.74) is 0.358. The molecule has 0 spiro atoms. The molecule has 4 nitrogen and oxygen atoms in total. The molecule has 0 aromatic heterocycles. The Morgan fingerprint density at radius 3 is 2.69 bits per heavy atom. The fourth-order valence-corrected chi connectivity index (χ4v) is 2.90. The van der Waals surface area contributed by atoms with Crippen LogP contribution in [0.4, 0.5) is 0 Å². The van der Waals surface area contributed by atoms with Gasteiger partial charge in [0.25, 0.3) is 0 Å². The van der Waals surface area contributed by atoms with Crippen LogP contribution in [0.25, 0.3) is 0 Å². The SMILES string of the molecule is N#Cc1cccc(S(=O)(=O)NC2CCC2)c1. The largest absolute Gasteiger partial charge is 0.240 e. The van der Waals surface area contributed by atoms with Gasteiger partial charge in [0.15, 0.2) is 0 Å². The molecule has 2 rings (SSSR count). The van der Waals surface area contributed by atoms with E-state index in [9.17, 15) is 8.42 Å². The predicted molar refractivity (Wildman–Crippen MR) is 59.1 cm³/mol. The first-order valence-electron chi connectivity index (χ1n) is 5.14. The molecule has 1 aromatic rings. The van der Waals surface area contributed by atoms with Gasteiger partial charge in [0.2, 0.25) is 10.0 Å². The van der Waals surface area contributed by atoms with Gasteiger partial charge in [-0.2, -0.15) is 5.26 Å². The maximum atomic E-state index is 11.9. The summed E-state index contributed by atoms with van der Waals surface area (Å²) in [6.07, 6.45) is 2.87. The Hall–Kier alpha value is -1.38. The standard InChI is InChI=1S/C11H12N2O2S/c12-8-9-3-1-6-11(7-9)16(14,15)13-10-4-2-5-10/h1,3,6-7,10,13H,2,4-5H2. The summed E-state index contributed by atoms with van der Waals surface area (Å²) in [4.78, 5) is 0.165. The minimum Gasteiger partial charge on any atom is -0.208 e. The molecule has 0 atom stereocenters. The highest BCUT2D eigenvalue weighted by Crippen LogP contribution is 2.21. The first-order chi connectivity index (χ1) is 7.62. The highest BCUT2D eigenvalue weighted by molar-refractivity contribution is 7.89. The van der Waals surface area contributed by atoms with Gasteiger partial charge >= 0.3 is 0 Å². The Labute approximate surface area is 95.0 Å². The molecule has 0 bridgehead atoms. The van der Waals surface area contributed by atoms with Crippen molar-refractivity contribution in [3.63, 3.8) is 0 Å². The third-order valence-corrected chi connectivity index (χ3v) is 4.22. The average molecular weight is 236 g/mol. The van der Waals surface area contributed by atoms with Crippen LogP contribution in [0.2, 0.25) is 0 Å². The van der Waals surface area contributed by atoms with Crippen LogP contribution in [0, 0.1) is 11.3 Å². The third-order valence-electron chi connectivity index (χ3n) is 2.70. The van der Waals surface area contributed by atoms with E-state index in [0.29, 0.717) is 5.56 Å². The van der Waals surface area contributed by atoms with Crippen molar-refractivity contribution >= 4 is 10.0 Å². The lowest BCUT2D eigenvalue weighted by Gasteiger charge is -2.26. The van der Waals surface area contributed by atoms with Crippen LogP contribution in [0.3, 0.4) is 0 Å². The molecule has 84 valence electrons. The Kier molecular flexibility index (Phi) is 2.95. The zero-order valence-corrected chi connectivity index (χ0v) is 9.50. The summed E-state index contributed by atoms with van der Waals surface area (Å²) >= 11 is 0. The maximum absolute atomic E-state index is 11.9. The fourth-order valence-electron chi connectivity index (χ4n) is 1.55. The van der Waals surface area contributed by atoms with E-state index in [2.05, 4.69) is 4.72 Å². The molecule has 0 unspecified atom stereocenters. The molecule has 1 saturated carbocycles. The topological polar surface area (TPSA) is 70.0 Å². The van der Waals surface area contributed by atoms with E-state index in [4.69, 9.17) is 5.26 Å². The second kappa shape index (κ2) is 4.24. The van der Waals surface area contributed by atoms with Crippen LogP contribution in [0.5, 0.6) is 0 Å². The summed E-state index contributed by atoms with van der Waals surface area (Å²) in [5, 5.41) is 8.70. The van der Waals surface area contributed by atoms with Crippen LogP contribution in [0.15, 0.2) is 29.2 Å². The number of hydrogen-bond donors (Lipinski definition) is 1. The first kappa shape index (κ1) is 11.1. The van der Waals surface area contributed by atoms with Crippen molar-refractivity contribution in [2.45, 2.75) is 30.2 Å². The molecule has 0 amide bonds. The number of benzene rings is 1. The Bertz CT molecular complexity index is 527. The van der Waals surface area contributed by atoms with Gasteiger partial charge < -0.3 is 0 Å². The van der Waals surface area contributed by atoms with Crippen molar-refractivity contribution in [3.05, 3.63) is 29.8 Å². The molecule has 1 aliphatic carbocycles. The lowest BCUT2D eigenvalue weighted by atomic mass is 9.94. The Morgan fingerprint density at radius 1 is 1.38 bits per heavy atom. The summed E-state index contributed by atoms with van der Waals surface area (Å²) in [5.74, 6) is 0. The summed E-state index contributed by atoms with van der Waals surface area (Å²) in [7, 11) is -3.45. The smallest absolute Gasteiger partial charge is 0.208 e. The van der Waals surface area contributed by atoms with Crippen LogP contribution < -0.4 is 4.72 Å². The number of nitriles is 1. The van der Waals surface area contributed by atoms with Gasteiger partial charge in [0.1, 0.15) is 0 Å². The molecule has 1 aromatic carbocycles. The minimum atomic E-state index is -3.45. The number of rotatable bonds is 3. The van der Waals surface area contributed by atoms with Gasteiger partial charge in [-0.15, -0.1) is 0 Å². The third kappa shape index (κ3) is 2.23. The van der Waals surface area contributed by atoms with Gasteiger partial charge in [0, 0.05) is 6.04 Å². The van der Waals surface area contributed by atoms with Gasteiger partial charge in [-0.25, -0.2) is 13.1 Å². The molecule has 1 N–H and O–H groups in total. The summed E-state index contributed by atoms with van der Waals surface area (Å²) < 4.78 is 26.4. The van der Waals surface area contributed by atoms with Gasteiger partial charge in [-0.1, -0.05) is 12.5 Å². The molecule has 1 aliphatic rings. The van der Waals surface area contributed by atoms with Crippen molar-refractivity contribution in [1.29, 1.82) is 5.26 Å². The highest BCUT2D eigenvalue weighted by atomic mass is 32.2. The number of hydrogen-bond acceptors (Lipinski definition) is 3. The van der Waals surface area contributed by atoms with E-state index in [1.807, 2.05) is 6.07 Å². The first-order valence-corrected chi connectivity index (χ1v) is 6.62. The molecular formula is C11H12N2O2S. The van der Waals surface area contributed by atoms with Crippen LogP contribution in [-0.4, -0.2) is 14.5 Å². The monoisotopic (exact) mass is 236 g/mol. The van der Waals surface area contributed by atoms with E-state index in [0.717, 1.165) is 19.3 Å². The molecule has 0 heterocycles. The Morgan fingerprint density at radius 2 is 2.12 bits per heavy atom. The van der Waals surface area contributed by atoms with E-state index in [1.165, 1.54) is 12.1 Å². The van der Waals surface area contributed by atoms with E-state index < -0.39 is 10.0 Å². The number of sulfonamides is 1. The molecule has 0 saturated heterocycles. The van der Waals surface area contributed by atoms with E-state index in [1.54, 1.807) is 12.1 Å². The van der Waals surface area contributed by atoms with E-state index in [-0.39, 0.29) is 10.9 Å². The second-order valence-electron chi connectivity index (χ2n) is 3.89. The summed E-state index contributed by atoms with van der Waals surface area (Å²) in [6, 6.07) is 8.05. The quantitative estimate of drug-likeness (QED) is 0.862. The van der Waals surface area contributed by atoms with Crippen molar-refractivity contribution < 1.29 is 8.42 Å². The lowest BCUT2D eigenvalue weighted by Crippen LogP contribution is -2.39. The molecule has 1 fully saturated rings. The van der Waals surface area contributed by atoms with Crippen molar-refractivity contribution in [2.75, 3.05) is 0 Å². The van der Waals surface area contributed by atoms with Gasteiger partial charge in [-0.05, 0) is 31.0 Å². The lowest BCUT2D eigenvalue weighted by molar-refractivity contribution is 0.383. The molecule has 0 aliphatic heterocycles. The number of nitrogens with one attached hydrogen (secondary N) is 1. The zero-order valence-electron chi connectivity index (χ0n) is 8.68. The van der Waals surface area contributed by atoms with Crippen LogP contribution in [-0.2, 0) is 10.0 Å². The van der Waals surface area contributed by atoms with Crippen molar-refractivity contribution in [3.8, 4) is 6.07 Å². The van der Waals surface area contributed by atoms with Gasteiger partial charge in [0.05, 0.1) is 16.5 Å². The van der Waals surface area contributed by atoms with Crippen LogP contribution >= 0.6 is 0 Å². The van der Waals surface area contributed by atoms with E-state index >= 15 is 0 Å².